The number of hydrogen-bond donors (Lipinski definition) is 1. The van der Waals surface area contributed by atoms with Gasteiger partial charge in [0.1, 0.15) is 0 Å². The van der Waals surface area contributed by atoms with E-state index in [9.17, 15) is 4.79 Å². The van der Waals surface area contributed by atoms with Gasteiger partial charge in [0, 0.05) is 22.6 Å². The van der Waals surface area contributed by atoms with E-state index < -0.39 is 0 Å². The van der Waals surface area contributed by atoms with E-state index in [1.807, 2.05) is 24.3 Å². The molecule has 1 saturated heterocycles. The Morgan fingerprint density at radius 1 is 1.17 bits per heavy atom. The van der Waals surface area contributed by atoms with Crippen molar-refractivity contribution in [2.45, 2.75) is 26.3 Å². The van der Waals surface area contributed by atoms with Crippen LogP contribution >= 0.6 is 15.9 Å². The number of rotatable bonds is 4. The van der Waals surface area contributed by atoms with Crippen molar-refractivity contribution in [3.05, 3.63) is 64.1 Å². The Kier molecular flexibility index (Phi) is 5.69. The van der Waals surface area contributed by atoms with Crippen LogP contribution in [0.4, 0.5) is 5.69 Å². The maximum Gasteiger partial charge on any atom is 0.227 e. The lowest BCUT2D eigenvalue weighted by Gasteiger charge is -2.31. The van der Waals surface area contributed by atoms with Crippen molar-refractivity contribution >= 4 is 27.5 Å². The Bertz CT molecular complexity index is 691. The molecule has 1 N–H and O–H groups in total. The zero-order valence-corrected chi connectivity index (χ0v) is 15.6. The van der Waals surface area contributed by atoms with Gasteiger partial charge < -0.3 is 5.32 Å². The molecule has 4 heteroatoms. The molecule has 3 rings (SSSR count). The van der Waals surface area contributed by atoms with Gasteiger partial charge in [-0.3, -0.25) is 9.69 Å². The number of nitrogens with zero attached hydrogens (tertiary/aromatic N) is 1. The van der Waals surface area contributed by atoms with Crippen LogP contribution in [0.3, 0.4) is 0 Å². The van der Waals surface area contributed by atoms with Crippen LogP contribution < -0.4 is 5.32 Å². The minimum Gasteiger partial charge on any atom is -0.326 e. The summed E-state index contributed by atoms with van der Waals surface area (Å²) in [4.78, 5) is 14.9. The van der Waals surface area contributed by atoms with Gasteiger partial charge in [0.25, 0.3) is 0 Å². The molecule has 1 aliphatic rings. The molecule has 0 radical (unpaired) electrons. The summed E-state index contributed by atoms with van der Waals surface area (Å²) >= 11 is 3.43. The first-order valence-corrected chi connectivity index (χ1v) is 9.24. The van der Waals surface area contributed by atoms with Crippen molar-refractivity contribution in [1.82, 2.24) is 4.90 Å². The van der Waals surface area contributed by atoms with Crippen molar-refractivity contribution in [3.63, 3.8) is 0 Å². The van der Waals surface area contributed by atoms with Gasteiger partial charge in [-0.1, -0.05) is 51.8 Å². The second kappa shape index (κ2) is 7.95. The summed E-state index contributed by atoms with van der Waals surface area (Å²) in [6, 6.07) is 16.5. The number of benzene rings is 2. The van der Waals surface area contributed by atoms with Crippen molar-refractivity contribution in [1.29, 1.82) is 0 Å². The Morgan fingerprint density at radius 2 is 1.88 bits per heavy atom. The molecular formula is C20H23BrN2O. The number of halogens is 1. The number of piperidine rings is 1. The number of amides is 1. The van der Waals surface area contributed by atoms with Gasteiger partial charge in [0.2, 0.25) is 5.91 Å². The maximum absolute atomic E-state index is 12.4. The molecule has 0 aromatic heterocycles. The number of hydrogen-bond acceptors (Lipinski definition) is 2. The molecule has 1 aliphatic heterocycles. The second-order valence-corrected chi connectivity index (χ2v) is 7.45. The molecular weight excluding hydrogens is 364 g/mol. The van der Waals surface area contributed by atoms with Gasteiger partial charge in [-0.25, -0.2) is 0 Å². The third-order valence-electron chi connectivity index (χ3n) is 4.58. The standard InChI is InChI=1S/C20H23BrN2O/c1-15-5-7-16(8-6-15)14-23-11-9-17(10-12-23)20(24)22-19-4-2-3-18(21)13-19/h2-8,13,17H,9-12,14H2,1H3,(H,22,24). The van der Waals surface area contributed by atoms with Crippen molar-refractivity contribution in [3.8, 4) is 0 Å². The average Bonchev–Trinajstić information content (AvgIpc) is 2.57. The van der Waals surface area contributed by atoms with E-state index in [0.29, 0.717) is 0 Å². The third kappa shape index (κ3) is 4.68. The molecule has 3 nitrogen and oxygen atoms in total. The van der Waals surface area contributed by atoms with Crippen molar-refractivity contribution < 1.29 is 4.79 Å². The molecule has 126 valence electrons. The molecule has 2 aromatic carbocycles. The SMILES string of the molecule is Cc1ccc(CN2CCC(C(=O)Nc3cccc(Br)c3)CC2)cc1. The van der Waals surface area contributed by atoms with Gasteiger partial charge in [0.15, 0.2) is 0 Å². The highest BCUT2D eigenvalue weighted by Crippen LogP contribution is 2.22. The Balaban J connectivity index is 1.49. The topological polar surface area (TPSA) is 32.3 Å². The van der Waals surface area contributed by atoms with Gasteiger partial charge in [0.05, 0.1) is 0 Å². The number of nitrogens with one attached hydrogen (secondary N) is 1. The minimum absolute atomic E-state index is 0.109. The molecule has 0 saturated carbocycles. The zero-order valence-electron chi connectivity index (χ0n) is 14.0. The highest BCUT2D eigenvalue weighted by molar-refractivity contribution is 9.10. The van der Waals surface area contributed by atoms with Gasteiger partial charge in [-0.15, -0.1) is 0 Å². The average molecular weight is 387 g/mol. The fourth-order valence-corrected chi connectivity index (χ4v) is 3.51. The summed E-state index contributed by atoms with van der Waals surface area (Å²) in [5, 5.41) is 3.04. The van der Waals surface area contributed by atoms with E-state index in [2.05, 4.69) is 57.3 Å². The molecule has 1 amide bonds. The van der Waals surface area contributed by atoms with E-state index in [-0.39, 0.29) is 11.8 Å². The van der Waals surface area contributed by atoms with E-state index in [1.54, 1.807) is 0 Å². The molecule has 24 heavy (non-hydrogen) atoms. The van der Waals surface area contributed by atoms with Crippen LogP contribution in [-0.4, -0.2) is 23.9 Å². The summed E-state index contributed by atoms with van der Waals surface area (Å²) in [6.45, 7) is 5.04. The van der Waals surface area contributed by atoms with Crippen LogP contribution in [0.15, 0.2) is 53.0 Å². The Labute approximate surface area is 152 Å². The van der Waals surface area contributed by atoms with E-state index in [1.165, 1.54) is 11.1 Å². The maximum atomic E-state index is 12.4. The molecule has 0 aliphatic carbocycles. The third-order valence-corrected chi connectivity index (χ3v) is 5.07. The van der Waals surface area contributed by atoms with Crippen molar-refractivity contribution in [2.75, 3.05) is 18.4 Å². The van der Waals surface area contributed by atoms with Crippen LogP contribution in [0, 0.1) is 12.8 Å². The van der Waals surface area contributed by atoms with Crippen LogP contribution in [0.25, 0.3) is 0 Å². The molecule has 0 atom stereocenters. The molecule has 2 aromatic rings. The summed E-state index contributed by atoms with van der Waals surface area (Å²) in [6.07, 6.45) is 1.84. The quantitative estimate of drug-likeness (QED) is 0.831. The van der Waals surface area contributed by atoms with Crippen LogP contribution in [0.5, 0.6) is 0 Å². The highest BCUT2D eigenvalue weighted by atomic mass is 79.9. The predicted octanol–water partition coefficient (Wildman–Crippen LogP) is 4.61. The highest BCUT2D eigenvalue weighted by Gasteiger charge is 2.25. The first-order valence-electron chi connectivity index (χ1n) is 8.44. The molecule has 0 spiro atoms. The van der Waals surface area contributed by atoms with Crippen LogP contribution in [0.1, 0.15) is 24.0 Å². The first-order chi connectivity index (χ1) is 11.6. The fraction of sp³-hybridized carbons (Fsp3) is 0.350. The first kappa shape index (κ1) is 17.2. The molecule has 1 fully saturated rings. The molecule has 1 heterocycles. The number of anilines is 1. The fourth-order valence-electron chi connectivity index (χ4n) is 3.12. The number of aryl methyl sites for hydroxylation is 1. The summed E-state index contributed by atoms with van der Waals surface area (Å²) in [7, 11) is 0. The van der Waals surface area contributed by atoms with Gasteiger partial charge >= 0.3 is 0 Å². The molecule has 0 unspecified atom stereocenters. The normalized spacial score (nSPS) is 16.1. The second-order valence-electron chi connectivity index (χ2n) is 6.54. The van der Waals surface area contributed by atoms with Crippen LogP contribution in [0.2, 0.25) is 0 Å². The van der Waals surface area contributed by atoms with E-state index in [0.717, 1.165) is 42.6 Å². The number of carbonyl (C=O) groups is 1. The van der Waals surface area contributed by atoms with Gasteiger partial charge in [-0.2, -0.15) is 0 Å². The lowest BCUT2D eigenvalue weighted by molar-refractivity contribution is -0.121. The summed E-state index contributed by atoms with van der Waals surface area (Å²) < 4.78 is 0.980. The summed E-state index contributed by atoms with van der Waals surface area (Å²) in [5.41, 5.74) is 3.50. The van der Waals surface area contributed by atoms with E-state index >= 15 is 0 Å². The Morgan fingerprint density at radius 3 is 2.54 bits per heavy atom. The minimum atomic E-state index is 0.109. The lowest BCUT2D eigenvalue weighted by atomic mass is 9.95. The van der Waals surface area contributed by atoms with Gasteiger partial charge in [-0.05, 0) is 56.6 Å². The van der Waals surface area contributed by atoms with Crippen LogP contribution in [-0.2, 0) is 11.3 Å². The van der Waals surface area contributed by atoms with Crippen molar-refractivity contribution in [2.24, 2.45) is 5.92 Å². The molecule has 0 bridgehead atoms. The predicted molar refractivity (Wildman–Crippen MR) is 102 cm³/mol. The summed E-state index contributed by atoms with van der Waals surface area (Å²) in [5.74, 6) is 0.251. The van der Waals surface area contributed by atoms with E-state index in [4.69, 9.17) is 0 Å². The monoisotopic (exact) mass is 386 g/mol. The zero-order chi connectivity index (χ0) is 16.9. The Hall–Kier alpha value is -1.65. The largest absolute Gasteiger partial charge is 0.326 e. The smallest absolute Gasteiger partial charge is 0.227 e. The number of likely N-dealkylation sites (tertiary alicyclic amines) is 1. The number of carbonyl (C=O) groups excluding carboxylic acids is 1. The lowest BCUT2D eigenvalue weighted by Crippen LogP contribution is -2.37.